The van der Waals surface area contributed by atoms with E-state index in [4.69, 9.17) is 0 Å². The number of benzene rings is 3. The van der Waals surface area contributed by atoms with Gasteiger partial charge in [0, 0.05) is 16.9 Å². The van der Waals surface area contributed by atoms with E-state index in [0.29, 0.717) is 5.56 Å². The van der Waals surface area contributed by atoms with Crippen LogP contribution in [0.4, 0.5) is 5.69 Å². The van der Waals surface area contributed by atoms with E-state index in [2.05, 4.69) is 10.3 Å². The first-order valence-corrected chi connectivity index (χ1v) is 8.11. The Hall–Kier alpha value is -3.40. The van der Waals surface area contributed by atoms with Gasteiger partial charge in [-0.25, -0.2) is 4.98 Å². The number of aromatic nitrogens is 2. The number of fused-ring (bicyclic) bond motifs is 1. The molecule has 25 heavy (non-hydrogen) atoms. The number of rotatable bonds is 3. The van der Waals surface area contributed by atoms with Crippen molar-refractivity contribution in [3.63, 3.8) is 0 Å². The summed E-state index contributed by atoms with van der Waals surface area (Å²) in [6.45, 7) is 2.00. The Balaban J connectivity index is 1.65. The van der Waals surface area contributed by atoms with Gasteiger partial charge in [-0.2, -0.15) is 0 Å². The number of amides is 1. The molecule has 0 aliphatic carbocycles. The van der Waals surface area contributed by atoms with Crippen LogP contribution in [-0.2, 0) is 0 Å². The minimum atomic E-state index is -0.137. The topological polar surface area (TPSA) is 46.9 Å². The fourth-order valence-electron chi connectivity index (χ4n) is 2.87. The number of anilines is 1. The minimum absolute atomic E-state index is 0.137. The lowest BCUT2D eigenvalue weighted by atomic mass is 10.1. The third-order valence-electron chi connectivity index (χ3n) is 4.12. The van der Waals surface area contributed by atoms with E-state index in [-0.39, 0.29) is 5.91 Å². The Bertz CT molecular complexity index is 1050. The highest BCUT2D eigenvalue weighted by molar-refractivity contribution is 6.06. The quantitative estimate of drug-likeness (QED) is 0.598. The number of nitrogens with zero attached hydrogens (tertiary/aromatic N) is 2. The van der Waals surface area contributed by atoms with E-state index >= 15 is 0 Å². The monoisotopic (exact) mass is 327 g/mol. The van der Waals surface area contributed by atoms with Crippen molar-refractivity contribution in [2.24, 2.45) is 0 Å². The average Bonchev–Trinajstić information content (AvgIpc) is 3.05. The number of carbonyl (C=O) groups is 1. The maximum absolute atomic E-state index is 12.5. The Labute approximate surface area is 145 Å². The van der Waals surface area contributed by atoms with E-state index in [1.807, 2.05) is 84.3 Å². The lowest BCUT2D eigenvalue weighted by Crippen LogP contribution is -2.11. The molecule has 4 heteroatoms. The van der Waals surface area contributed by atoms with Crippen LogP contribution in [0.25, 0.3) is 16.7 Å². The molecule has 1 aromatic heterocycles. The maximum Gasteiger partial charge on any atom is 0.255 e. The summed E-state index contributed by atoms with van der Waals surface area (Å²) in [5.41, 5.74) is 5.29. The molecular weight excluding hydrogens is 310 g/mol. The molecule has 0 unspecified atom stereocenters. The molecule has 4 rings (SSSR count). The van der Waals surface area contributed by atoms with Gasteiger partial charge in [0.1, 0.15) is 6.33 Å². The second-order valence-corrected chi connectivity index (χ2v) is 5.98. The van der Waals surface area contributed by atoms with Gasteiger partial charge in [-0.3, -0.25) is 9.36 Å². The molecule has 1 amide bonds. The first-order chi connectivity index (χ1) is 12.2. The number of hydrogen-bond donors (Lipinski definition) is 1. The van der Waals surface area contributed by atoms with Gasteiger partial charge in [-0.1, -0.05) is 30.3 Å². The molecule has 0 radical (unpaired) electrons. The summed E-state index contributed by atoms with van der Waals surface area (Å²) < 4.78 is 2.01. The molecule has 0 aliphatic rings. The van der Waals surface area contributed by atoms with Crippen LogP contribution in [0.1, 0.15) is 15.9 Å². The number of carbonyl (C=O) groups excluding carboxylic acids is 1. The van der Waals surface area contributed by atoms with Crippen LogP contribution in [0, 0.1) is 6.92 Å². The molecular formula is C21H17N3O. The van der Waals surface area contributed by atoms with Gasteiger partial charge in [0.25, 0.3) is 5.91 Å². The molecule has 122 valence electrons. The molecule has 3 aromatic carbocycles. The highest BCUT2D eigenvalue weighted by Crippen LogP contribution is 2.20. The van der Waals surface area contributed by atoms with Crippen LogP contribution in [0.15, 0.2) is 79.1 Å². The van der Waals surface area contributed by atoms with E-state index in [1.54, 1.807) is 6.33 Å². The Morgan fingerprint density at radius 3 is 2.60 bits per heavy atom. The normalized spacial score (nSPS) is 10.8. The van der Waals surface area contributed by atoms with Crippen molar-refractivity contribution in [2.75, 3.05) is 5.32 Å². The molecule has 1 N–H and O–H groups in total. The van der Waals surface area contributed by atoms with E-state index in [1.165, 1.54) is 0 Å². The van der Waals surface area contributed by atoms with Gasteiger partial charge in [0.05, 0.1) is 11.0 Å². The van der Waals surface area contributed by atoms with Crippen LogP contribution in [0.2, 0.25) is 0 Å². The number of para-hydroxylation sites is 1. The zero-order chi connectivity index (χ0) is 17.2. The van der Waals surface area contributed by atoms with Crippen molar-refractivity contribution >= 4 is 22.6 Å². The van der Waals surface area contributed by atoms with Gasteiger partial charge in [0.2, 0.25) is 0 Å². The van der Waals surface area contributed by atoms with Crippen LogP contribution in [0.3, 0.4) is 0 Å². The van der Waals surface area contributed by atoms with E-state index in [9.17, 15) is 4.79 Å². The largest absolute Gasteiger partial charge is 0.322 e. The average molecular weight is 327 g/mol. The maximum atomic E-state index is 12.5. The Morgan fingerprint density at radius 2 is 1.80 bits per heavy atom. The number of imidazole rings is 1. The molecule has 0 spiro atoms. The van der Waals surface area contributed by atoms with E-state index in [0.717, 1.165) is 28.0 Å². The molecule has 0 atom stereocenters. The summed E-state index contributed by atoms with van der Waals surface area (Å²) in [5.74, 6) is -0.137. The molecule has 0 saturated carbocycles. The zero-order valence-electron chi connectivity index (χ0n) is 13.8. The second-order valence-electron chi connectivity index (χ2n) is 5.98. The zero-order valence-corrected chi connectivity index (χ0v) is 13.8. The fourth-order valence-corrected chi connectivity index (χ4v) is 2.87. The fraction of sp³-hybridized carbons (Fsp3) is 0.0476. The molecule has 4 aromatic rings. The Kier molecular flexibility index (Phi) is 3.78. The predicted molar refractivity (Wildman–Crippen MR) is 100 cm³/mol. The summed E-state index contributed by atoms with van der Waals surface area (Å²) in [6, 6.07) is 23.3. The summed E-state index contributed by atoms with van der Waals surface area (Å²) >= 11 is 0. The lowest BCUT2D eigenvalue weighted by Gasteiger charge is -2.07. The van der Waals surface area contributed by atoms with Crippen LogP contribution in [0.5, 0.6) is 0 Å². The molecule has 4 nitrogen and oxygen atoms in total. The number of aryl methyl sites for hydroxylation is 1. The van der Waals surface area contributed by atoms with Gasteiger partial charge < -0.3 is 5.32 Å². The van der Waals surface area contributed by atoms with Crippen molar-refractivity contribution in [1.82, 2.24) is 9.55 Å². The first kappa shape index (κ1) is 15.1. The number of hydrogen-bond acceptors (Lipinski definition) is 2. The summed E-state index contributed by atoms with van der Waals surface area (Å²) in [6.07, 6.45) is 1.78. The standard InChI is InChI=1S/C21H17N3O/c1-15-6-5-7-17(12-15)23-21(25)16-10-11-20-19(13-16)22-14-24(20)18-8-3-2-4-9-18/h2-14H,1H3,(H,23,25). The first-order valence-electron chi connectivity index (χ1n) is 8.11. The minimum Gasteiger partial charge on any atom is -0.322 e. The van der Waals surface area contributed by atoms with Crippen molar-refractivity contribution in [2.45, 2.75) is 6.92 Å². The van der Waals surface area contributed by atoms with Gasteiger partial charge >= 0.3 is 0 Å². The van der Waals surface area contributed by atoms with Crippen molar-refractivity contribution in [3.8, 4) is 5.69 Å². The van der Waals surface area contributed by atoms with E-state index < -0.39 is 0 Å². The second kappa shape index (κ2) is 6.24. The third-order valence-corrected chi connectivity index (χ3v) is 4.12. The molecule has 0 aliphatic heterocycles. The van der Waals surface area contributed by atoms with Gasteiger partial charge in [-0.05, 0) is 55.0 Å². The van der Waals surface area contributed by atoms with Crippen molar-refractivity contribution < 1.29 is 4.79 Å². The van der Waals surface area contributed by atoms with Gasteiger partial charge in [-0.15, -0.1) is 0 Å². The van der Waals surface area contributed by atoms with Gasteiger partial charge in [0.15, 0.2) is 0 Å². The molecule has 0 bridgehead atoms. The Morgan fingerprint density at radius 1 is 0.960 bits per heavy atom. The molecule has 0 fully saturated rings. The smallest absolute Gasteiger partial charge is 0.255 e. The highest BCUT2D eigenvalue weighted by atomic mass is 16.1. The van der Waals surface area contributed by atoms with Crippen molar-refractivity contribution in [3.05, 3.63) is 90.3 Å². The molecule has 0 saturated heterocycles. The summed E-state index contributed by atoms with van der Waals surface area (Å²) in [7, 11) is 0. The summed E-state index contributed by atoms with van der Waals surface area (Å²) in [5, 5.41) is 2.93. The van der Waals surface area contributed by atoms with Crippen LogP contribution >= 0.6 is 0 Å². The van der Waals surface area contributed by atoms with Crippen LogP contribution in [-0.4, -0.2) is 15.5 Å². The van der Waals surface area contributed by atoms with Crippen LogP contribution < -0.4 is 5.32 Å². The molecule has 1 heterocycles. The third kappa shape index (κ3) is 3.02. The highest BCUT2D eigenvalue weighted by Gasteiger charge is 2.10. The summed E-state index contributed by atoms with van der Waals surface area (Å²) in [4.78, 5) is 16.9. The lowest BCUT2D eigenvalue weighted by molar-refractivity contribution is 0.102. The predicted octanol–water partition coefficient (Wildman–Crippen LogP) is 4.59. The SMILES string of the molecule is Cc1cccc(NC(=O)c2ccc3c(c2)ncn3-c2ccccc2)c1. The van der Waals surface area contributed by atoms with Crippen molar-refractivity contribution in [1.29, 1.82) is 0 Å². The number of nitrogens with one attached hydrogen (secondary N) is 1.